The van der Waals surface area contributed by atoms with Gasteiger partial charge in [-0.15, -0.1) is 0 Å². The topological polar surface area (TPSA) is 39.1 Å². The number of halogens is 1. The first-order valence-electron chi connectivity index (χ1n) is 6.14. The van der Waals surface area contributed by atoms with E-state index in [4.69, 9.17) is 0 Å². The molecule has 1 atom stereocenters. The first-order chi connectivity index (χ1) is 8.50. The van der Waals surface area contributed by atoms with Gasteiger partial charge in [-0.3, -0.25) is 5.32 Å². The van der Waals surface area contributed by atoms with Gasteiger partial charge in [-0.25, -0.2) is 4.39 Å². The number of nitriles is 1. The lowest BCUT2D eigenvalue weighted by molar-refractivity contribution is 0.449. The minimum absolute atomic E-state index is 0.264. The van der Waals surface area contributed by atoms with E-state index in [2.05, 4.69) is 18.3 Å². The maximum Gasteiger partial charge on any atom is 0.125 e. The number of rotatable bonds is 6. The average molecular weight is 249 g/mol. The van der Waals surface area contributed by atoms with Gasteiger partial charge in [0, 0.05) is 19.3 Å². The van der Waals surface area contributed by atoms with Gasteiger partial charge < -0.3 is 4.90 Å². The Morgan fingerprint density at radius 2 is 2.22 bits per heavy atom. The smallest absolute Gasteiger partial charge is 0.125 e. The highest BCUT2D eigenvalue weighted by Gasteiger charge is 2.24. The number of hydrogen-bond acceptors (Lipinski definition) is 3. The zero-order valence-electron chi connectivity index (χ0n) is 11.2. The van der Waals surface area contributed by atoms with Crippen LogP contribution >= 0.6 is 0 Å². The molecule has 4 heteroatoms. The van der Waals surface area contributed by atoms with Gasteiger partial charge in [-0.1, -0.05) is 13.0 Å². The third-order valence-electron chi connectivity index (χ3n) is 2.81. The van der Waals surface area contributed by atoms with E-state index in [1.54, 1.807) is 6.07 Å². The van der Waals surface area contributed by atoms with Crippen LogP contribution in [0, 0.1) is 17.1 Å². The molecule has 1 rings (SSSR count). The third kappa shape index (κ3) is 4.01. The molecule has 0 heterocycles. The summed E-state index contributed by atoms with van der Waals surface area (Å²) in [5.41, 5.74) is 0.145. The lowest BCUT2D eigenvalue weighted by Crippen LogP contribution is -2.49. The van der Waals surface area contributed by atoms with Crippen LogP contribution in [0.3, 0.4) is 0 Å². The zero-order valence-corrected chi connectivity index (χ0v) is 11.2. The molecule has 0 saturated carbocycles. The van der Waals surface area contributed by atoms with Crippen molar-refractivity contribution >= 4 is 5.69 Å². The van der Waals surface area contributed by atoms with E-state index >= 15 is 0 Å². The Labute approximate surface area is 108 Å². The summed E-state index contributed by atoms with van der Waals surface area (Å²) in [6, 6.07) is 8.67. The molecule has 0 amide bonds. The zero-order chi connectivity index (χ0) is 13.6. The Kier molecular flexibility index (Phi) is 5.11. The molecule has 0 bridgehead atoms. The average Bonchev–Trinajstić information content (AvgIpc) is 2.36. The van der Waals surface area contributed by atoms with Gasteiger partial charge in [0.2, 0.25) is 0 Å². The predicted molar refractivity (Wildman–Crippen MR) is 72.0 cm³/mol. The van der Waals surface area contributed by atoms with Gasteiger partial charge in [-0.05, 0) is 38.1 Å². The highest BCUT2D eigenvalue weighted by molar-refractivity contribution is 5.46. The van der Waals surface area contributed by atoms with E-state index in [1.807, 2.05) is 24.9 Å². The van der Waals surface area contributed by atoms with Crippen LogP contribution in [0.15, 0.2) is 24.3 Å². The maximum absolute atomic E-state index is 13.1. The van der Waals surface area contributed by atoms with Crippen molar-refractivity contribution in [1.82, 2.24) is 5.32 Å². The standard InChI is InChI=1S/C14H20FN3/c1-4-8-17-14(2,10-16)11-18(3)13-7-5-6-12(15)9-13/h5-7,9,17H,4,8,11H2,1-3H3. The van der Waals surface area contributed by atoms with Gasteiger partial charge in [0.15, 0.2) is 0 Å². The molecule has 0 spiro atoms. The summed E-state index contributed by atoms with van der Waals surface area (Å²) in [4.78, 5) is 1.88. The third-order valence-corrected chi connectivity index (χ3v) is 2.81. The molecule has 0 aromatic heterocycles. The van der Waals surface area contributed by atoms with Crippen molar-refractivity contribution < 1.29 is 4.39 Å². The number of likely N-dealkylation sites (N-methyl/N-ethyl adjacent to an activating group) is 1. The summed E-state index contributed by atoms with van der Waals surface area (Å²) in [5, 5.41) is 12.5. The van der Waals surface area contributed by atoms with E-state index in [1.165, 1.54) is 12.1 Å². The highest BCUT2D eigenvalue weighted by atomic mass is 19.1. The fraction of sp³-hybridized carbons (Fsp3) is 0.500. The molecule has 0 saturated heterocycles. The fourth-order valence-electron chi connectivity index (χ4n) is 1.81. The fourth-order valence-corrected chi connectivity index (χ4v) is 1.81. The molecule has 0 aliphatic heterocycles. The SMILES string of the molecule is CCCNC(C)(C#N)CN(C)c1cccc(F)c1. The van der Waals surface area contributed by atoms with Crippen molar-refractivity contribution in [3.63, 3.8) is 0 Å². The second kappa shape index (κ2) is 6.36. The van der Waals surface area contributed by atoms with Crippen LogP contribution in [-0.2, 0) is 0 Å². The molecule has 98 valence electrons. The molecule has 18 heavy (non-hydrogen) atoms. The first kappa shape index (κ1) is 14.5. The largest absolute Gasteiger partial charge is 0.372 e. The Balaban J connectivity index is 2.73. The second-order valence-corrected chi connectivity index (χ2v) is 4.71. The van der Waals surface area contributed by atoms with Gasteiger partial charge in [0.05, 0.1) is 6.07 Å². The van der Waals surface area contributed by atoms with Gasteiger partial charge >= 0.3 is 0 Å². The molecule has 1 N–H and O–H groups in total. The molecule has 1 unspecified atom stereocenters. The predicted octanol–water partition coefficient (Wildman–Crippen LogP) is 2.54. The van der Waals surface area contributed by atoms with Crippen molar-refractivity contribution in [1.29, 1.82) is 5.26 Å². The molecule has 1 aromatic rings. The number of anilines is 1. The molecule has 0 fully saturated rings. The summed E-state index contributed by atoms with van der Waals surface area (Å²) in [6.45, 7) is 5.22. The lowest BCUT2D eigenvalue weighted by Gasteiger charge is -2.30. The van der Waals surface area contributed by atoms with Crippen LogP contribution in [0.5, 0.6) is 0 Å². The molecular weight excluding hydrogens is 229 g/mol. The Hall–Kier alpha value is -1.60. The minimum atomic E-state index is -0.628. The van der Waals surface area contributed by atoms with Crippen molar-refractivity contribution in [2.45, 2.75) is 25.8 Å². The summed E-state index contributed by atoms with van der Waals surface area (Å²) >= 11 is 0. The molecular formula is C14H20FN3. The monoisotopic (exact) mass is 249 g/mol. The molecule has 0 aliphatic carbocycles. The second-order valence-electron chi connectivity index (χ2n) is 4.71. The van der Waals surface area contributed by atoms with E-state index in [0.29, 0.717) is 6.54 Å². The molecule has 0 aliphatic rings. The summed E-state index contributed by atoms with van der Waals surface area (Å²) in [5.74, 6) is -0.264. The molecule has 1 aromatic carbocycles. The van der Waals surface area contributed by atoms with Crippen LogP contribution in [0.2, 0.25) is 0 Å². The number of nitrogens with one attached hydrogen (secondary N) is 1. The normalized spacial score (nSPS) is 13.7. The highest BCUT2D eigenvalue weighted by Crippen LogP contribution is 2.16. The molecule has 3 nitrogen and oxygen atoms in total. The van der Waals surface area contributed by atoms with E-state index in [9.17, 15) is 9.65 Å². The Morgan fingerprint density at radius 1 is 1.50 bits per heavy atom. The van der Waals surface area contributed by atoms with Crippen molar-refractivity contribution in [3.8, 4) is 6.07 Å². The van der Waals surface area contributed by atoms with Gasteiger partial charge in [0.1, 0.15) is 11.4 Å². The number of benzene rings is 1. The summed E-state index contributed by atoms with van der Waals surface area (Å²) < 4.78 is 13.1. The summed E-state index contributed by atoms with van der Waals surface area (Å²) in [7, 11) is 1.86. The minimum Gasteiger partial charge on any atom is -0.372 e. The van der Waals surface area contributed by atoms with E-state index < -0.39 is 5.54 Å². The van der Waals surface area contributed by atoms with Crippen LogP contribution in [0.25, 0.3) is 0 Å². The van der Waals surface area contributed by atoms with Gasteiger partial charge in [0.25, 0.3) is 0 Å². The van der Waals surface area contributed by atoms with E-state index in [0.717, 1.165) is 18.7 Å². The van der Waals surface area contributed by atoms with Crippen LogP contribution in [0.4, 0.5) is 10.1 Å². The van der Waals surface area contributed by atoms with Crippen molar-refractivity contribution in [2.24, 2.45) is 0 Å². The maximum atomic E-state index is 13.1. The molecule has 0 radical (unpaired) electrons. The van der Waals surface area contributed by atoms with Crippen LogP contribution in [-0.4, -0.2) is 25.7 Å². The lowest BCUT2D eigenvalue weighted by atomic mass is 10.0. The van der Waals surface area contributed by atoms with Crippen molar-refractivity contribution in [2.75, 3.05) is 25.0 Å². The quantitative estimate of drug-likeness (QED) is 0.842. The Bertz CT molecular complexity index is 427. The van der Waals surface area contributed by atoms with Crippen molar-refractivity contribution in [3.05, 3.63) is 30.1 Å². The Morgan fingerprint density at radius 3 is 2.78 bits per heavy atom. The van der Waals surface area contributed by atoms with Gasteiger partial charge in [-0.2, -0.15) is 5.26 Å². The van der Waals surface area contributed by atoms with Crippen LogP contribution in [0.1, 0.15) is 20.3 Å². The number of nitrogens with zero attached hydrogens (tertiary/aromatic N) is 2. The number of hydrogen-bond donors (Lipinski definition) is 1. The van der Waals surface area contributed by atoms with Crippen LogP contribution < -0.4 is 10.2 Å². The summed E-state index contributed by atoms with van der Waals surface area (Å²) in [6.07, 6.45) is 0.973. The first-order valence-corrected chi connectivity index (χ1v) is 6.14. The van der Waals surface area contributed by atoms with E-state index in [-0.39, 0.29) is 5.82 Å².